The second-order valence-corrected chi connectivity index (χ2v) is 10.7. The molecule has 1 unspecified atom stereocenters. The normalized spacial score (nSPS) is 14.7. The van der Waals surface area contributed by atoms with Crippen LogP contribution in [0.3, 0.4) is 0 Å². The van der Waals surface area contributed by atoms with Gasteiger partial charge < -0.3 is 9.05 Å². The molecule has 0 aliphatic carbocycles. The monoisotopic (exact) mass is 298 g/mol. The molecular weight excluding hydrogens is 270 g/mol. The Morgan fingerprint density at radius 3 is 1.72 bits per heavy atom. The summed E-state index contributed by atoms with van der Waals surface area (Å²) in [7, 11) is -4.88. The van der Waals surface area contributed by atoms with Crippen LogP contribution in [0.2, 0.25) is 0 Å². The van der Waals surface area contributed by atoms with E-state index >= 15 is 0 Å². The van der Waals surface area contributed by atoms with E-state index in [1.54, 1.807) is 0 Å². The summed E-state index contributed by atoms with van der Waals surface area (Å²) >= 11 is 0. The molecule has 0 aromatic heterocycles. The zero-order valence-corrected chi connectivity index (χ0v) is 14.1. The summed E-state index contributed by atoms with van der Waals surface area (Å²) < 4.78 is 35.2. The lowest BCUT2D eigenvalue weighted by molar-refractivity contribution is 0.181. The van der Waals surface area contributed by atoms with Crippen molar-refractivity contribution in [1.29, 1.82) is 0 Å². The fraction of sp³-hybridized carbons (Fsp3) is 1.00. The summed E-state index contributed by atoms with van der Waals surface area (Å²) in [6.07, 6.45) is 2.79. The second-order valence-electron chi connectivity index (χ2n) is 4.43. The molecular formula is C12H28O4P2. The highest BCUT2D eigenvalue weighted by Crippen LogP contribution is 2.48. The predicted octanol–water partition coefficient (Wildman–Crippen LogP) is 4.43. The van der Waals surface area contributed by atoms with Crippen LogP contribution in [0.15, 0.2) is 0 Å². The highest BCUT2D eigenvalue weighted by Gasteiger charge is 2.22. The largest absolute Gasteiger partial charge is 0.328 e. The zero-order valence-electron chi connectivity index (χ0n) is 12.3. The topological polar surface area (TPSA) is 52.6 Å². The average molecular weight is 298 g/mol. The van der Waals surface area contributed by atoms with Crippen molar-refractivity contribution >= 4 is 14.7 Å². The minimum absolute atomic E-state index is 0.113. The second kappa shape index (κ2) is 8.53. The van der Waals surface area contributed by atoms with E-state index in [0.717, 1.165) is 0 Å². The predicted molar refractivity (Wildman–Crippen MR) is 78.5 cm³/mol. The van der Waals surface area contributed by atoms with Crippen LogP contribution in [0.4, 0.5) is 0 Å². The van der Waals surface area contributed by atoms with Crippen molar-refractivity contribution in [3.63, 3.8) is 0 Å². The maximum atomic E-state index is 12.1. The molecule has 0 aromatic rings. The molecule has 0 spiro atoms. The summed E-state index contributed by atoms with van der Waals surface area (Å²) in [5.41, 5.74) is 0. The van der Waals surface area contributed by atoms with Crippen molar-refractivity contribution in [2.45, 2.75) is 47.1 Å². The SMILES string of the molecule is CCP(=O)(CC)OCCC(C)OP(=O)(CC)CC. The van der Waals surface area contributed by atoms with E-state index in [4.69, 9.17) is 9.05 Å². The van der Waals surface area contributed by atoms with E-state index in [9.17, 15) is 9.13 Å². The Kier molecular flexibility index (Phi) is 8.71. The fourth-order valence-electron chi connectivity index (χ4n) is 1.54. The lowest BCUT2D eigenvalue weighted by Crippen LogP contribution is -2.12. The third-order valence-corrected chi connectivity index (χ3v) is 8.40. The Bertz CT molecular complexity index is 301. The van der Waals surface area contributed by atoms with Crippen LogP contribution < -0.4 is 0 Å². The molecule has 0 heterocycles. The van der Waals surface area contributed by atoms with Gasteiger partial charge in [0.2, 0.25) is 14.7 Å². The lowest BCUT2D eigenvalue weighted by atomic mass is 10.3. The van der Waals surface area contributed by atoms with E-state index < -0.39 is 14.7 Å². The Hall–Kier alpha value is 0.380. The number of hydrogen-bond donors (Lipinski definition) is 0. The molecule has 0 aliphatic rings. The van der Waals surface area contributed by atoms with Gasteiger partial charge in [0, 0.05) is 24.6 Å². The molecule has 0 N–H and O–H groups in total. The minimum atomic E-state index is -2.46. The highest BCUT2D eigenvalue weighted by atomic mass is 31.2. The summed E-state index contributed by atoms with van der Waals surface area (Å²) in [6, 6.07) is 0. The minimum Gasteiger partial charge on any atom is -0.328 e. The summed E-state index contributed by atoms with van der Waals surface area (Å²) in [4.78, 5) is 0. The Morgan fingerprint density at radius 1 is 0.889 bits per heavy atom. The van der Waals surface area contributed by atoms with Crippen LogP contribution in [-0.2, 0) is 18.2 Å². The first kappa shape index (κ1) is 18.4. The standard InChI is InChI=1S/C12H28O4P2/c1-6-17(13,7-2)15-11-10-12(5)16-18(14,8-3)9-4/h12H,6-11H2,1-5H3. The molecule has 0 saturated heterocycles. The van der Waals surface area contributed by atoms with Crippen LogP contribution in [-0.4, -0.2) is 37.4 Å². The van der Waals surface area contributed by atoms with Crippen LogP contribution in [0.1, 0.15) is 41.0 Å². The van der Waals surface area contributed by atoms with E-state index in [2.05, 4.69) is 0 Å². The molecule has 1 atom stereocenters. The van der Waals surface area contributed by atoms with Crippen molar-refractivity contribution in [3.8, 4) is 0 Å². The fourth-order valence-corrected chi connectivity index (χ4v) is 4.30. The van der Waals surface area contributed by atoms with Crippen LogP contribution in [0.25, 0.3) is 0 Å². The van der Waals surface area contributed by atoms with E-state index in [-0.39, 0.29) is 6.10 Å². The van der Waals surface area contributed by atoms with Crippen LogP contribution in [0.5, 0.6) is 0 Å². The molecule has 0 amide bonds. The molecule has 0 bridgehead atoms. The molecule has 110 valence electrons. The van der Waals surface area contributed by atoms with E-state index in [1.165, 1.54) is 0 Å². The van der Waals surface area contributed by atoms with Gasteiger partial charge in [0.15, 0.2) is 0 Å². The molecule has 0 radical (unpaired) electrons. The first-order chi connectivity index (χ1) is 8.34. The van der Waals surface area contributed by atoms with Crippen molar-refractivity contribution in [1.82, 2.24) is 0 Å². The van der Waals surface area contributed by atoms with Crippen LogP contribution >= 0.6 is 14.7 Å². The molecule has 0 fully saturated rings. The van der Waals surface area contributed by atoms with E-state index in [0.29, 0.717) is 37.7 Å². The maximum Gasteiger partial charge on any atom is 0.202 e. The molecule has 4 nitrogen and oxygen atoms in total. The van der Waals surface area contributed by atoms with Gasteiger partial charge in [0.1, 0.15) is 0 Å². The Labute approximate surface area is 112 Å². The molecule has 6 heteroatoms. The summed E-state index contributed by atoms with van der Waals surface area (Å²) in [6.45, 7) is 9.84. The molecule has 0 saturated carbocycles. The Balaban J connectivity index is 4.09. The highest BCUT2D eigenvalue weighted by molar-refractivity contribution is 7.59. The van der Waals surface area contributed by atoms with Gasteiger partial charge in [-0.1, -0.05) is 27.7 Å². The summed E-state index contributed by atoms with van der Waals surface area (Å²) in [5.74, 6) is 0. The molecule has 0 aliphatic heterocycles. The van der Waals surface area contributed by atoms with Gasteiger partial charge in [-0.15, -0.1) is 0 Å². The molecule has 0 aromatic carbocycles. The van der Waals surface area contributed by atoms with E-state index in [1.807, 2.05) is 34.6 Å². The average Bonchev–Trinajstić information content (AvgIpc) is 2.38. The summed E-state index contributed by atoms with van der Waals surface area (Å²) in [5, 5.41) is 0. The third-order valence-electron chi connectivity index (χ3n) is 3.15. The Morgan fingerprint density at radius 2 is 1.33 bits per heavy atom. The van der Waals surface area contributed by atoms with Gasteiger partial charge in [-0.25, -0.2) is 0 Å². The lowest BCUT2D eigenvalue weighted by Gasteiger charge is -2.21. The van der Waals surface area contributed by atoms with Crippen LogP contribution in [0, 0.1) is 0 Å². The maximum absolute atomic E-state index is 12.1. The quantitative estimate of drug-likeness (QED) is 0.560. The van der Waals surface area contributed by atoms with Crippen molar-refractivity contribution in [3.05, 3.63) is 0 Å². The molecule has 18 heavy (non-hydrogen) atoms. The van der Waals surface area contributed by atoms with Crippen molar-refractivity contribution < 1.29 is 18.2 Å². The number of rotatable bonds is 10. The van der Waals surface area contributed by atoms with Gasteiger partial charge in [-0.2, -0.15) is 0 Å². The third kappa shape index (κ3) is 6.52. The first-order valence-corrected chi connectivity index (χ1v) is 10.8. The van der Waals surface area contributed by atoms with Gasteiger partial charge in [0.25, 0.3) is 0 Å². The van der Waals surface area contributed by atoms with Gasteiger partial charge in [0.05, 0.1) is 12.7 Å². The number of hydrogen-bond acceptors (Lipinski definition) is 4. The van der Waals surface area contributed by atoms with Crippen molar-refractivity contribution in [2.24, 2.45) is 0 Å². The van der Waals surface area contributed by atoms with Gasteiger partial charge in [-0.3, -0.25) is 9.13 Å². The smallest absolute Gasteiger partial charge is 0.202 e. The van der Waals surface area contributed by atoms with Gasteiger partial charge >= 0.3 is 0 Å². The zero-order chi connectivity index (χ0) is 14.2. The molecule has 0 rings (SSSR count). The first-order valence-electron chi connectivity index (χ1n) is 6.83. The van der Waals surface area contributed by atoms with Gasteiger partial charge in [-0.05, 0) is 13.3 Å². The van der Waals surface area contributed by atoms with Crippen molar-refractivity contribution in [2.75, 3.05) is 31.3 Å².